The molecule has 0 aliphatic carbocycles. The van der Waals surface area contributed by atoms with Crippen molar-refractivity contribution in [1.82, 2.24) is 0 Å². The van der Waals surface area contributed by atoms with Crippen molar-refractivity contribution < 1.29 is 25.3 Å². The van der Waals surface area contributed by atoms with E-state index in [0.717, 1.165) is 11.1 Å². The molecule has 0 aliphatic heterocycles. The first-order chi connectivity index (χ1) is 13.7. The number of hydrogen-bond donors (Lipinski definition) is 4. The summed E-state index contributed by atoms with van der Waals surface area (Å²) in [6.07, 6.45) is -4.55. The third-order valence-corrected chi connectivity index (χ3v) is 4.43. The van der Waals surface area contributed by atoms with E-state index in [1.807, 2.05) is 26.0 Å². The van der Waals surface area contributed by atoms with E-state index in [0.29, 0.717) is 5.69 Å². The summed E-state index contributed by atoms with van der Waals surface area (Å²) < 4.78 is 0. The van der Waals surface area contributed by atoms with Gasteiger partial charge < -0.3 is 20.4 Å². The molecule has 0 fully saturated rings. The molecule has 4 N–H and O–H groups in total. The highest BCUT2D eigenvalue weighted by Gasteiger charge is 2.26. The summed E-state index contributed by atoms with van der Waals surface area (Å²) in [6, 6.07) is 11.0. The Kier molecular flexibility index (Phi) is 7.74. The van der Waals surface area contributed by atoms with Gasteiger partial charge in [0.25, 0.3) is 5.69 Å². The van der Waals surface area contributed by atoms with Gasteiger partial charge in [0.2, 0.25) is 0 Å². The molecule has 0 radical (unpaired) electrons. The number of aliphatic hydroxyl groups is 4. The zero-order valence-electron chi connectivity index (χ0n) is 16.1. The van der Waals surface area contributed by atoms with E-state index in [1.165, 1.54) is 29.3 Å². The van der Waals surface area contributed by atoms with Gasteiger partial charge in [-0.15, -0.1) is 5.11 Å². The normalized spacial score (nSPS) is 14.6. The van der Waals surface area contributed by atoms with Crippen LogP contribution in [-0.4, -0.2) is 56.8 Å². The van der Waals surface area contributed by atoms with E-state index in [1.54, 1.807) is 6.07 Å². The molecular formula is C19H24N4O6. The first-order valence-corrected chi connectivity index (χ1v) is 8.89. The maximum atomic E-state index is 10.9. The van der Waals surface area contributed by atoms with Gasteiger partial charge in [-0.05, 0) is 43.2 Å². The zero-order valence-corrected chi connectivity index (χ0v) is 16.1. The number of aliphatic hydroxyl groups excluding tert-OH is 4. The van der Waals surface area contributed by atoms with E-state index in [9.17, 15) is 25.4 Å². The second-order valence-electron chi connectivity index (χ2n) is 6.62. The number of hydrogen-bond acceptors (Lipinski definition) is 8. The molecule has 0 aliphatic rings. The molecule has 3 atom stereocenters. The minimum Gasteiger partial charge on any atom is -0.394 e. The van der Waals surface area contributed by atoms with E-state index in [4.69, 9.17) is 5.11 Å². The topological polar surface area (TPSA) is 152 Å². The molecule has 0 aromatic heterocycles. The van der Waals surface area contributed by atoms with Crippen LogP contribution in [0.5, 0.6) is 0 Å². The smallest absolute Gasteiger partial charge is 0.271 e. The number of anilines is 1. The molecule has 29 heavy (non-hydrogen) atoms. The van der Waals surface area contributed by atoms with Crippen LogP contribution in [0.4, 0.5) is 17.1 Å². The summed E-state index contributed by atoms with van der Waals surface area (Å²) in [6.45, 7) is 2.88. The fraction of sp³-hybridized carbons (Fsp3) is 0.368. The molecule has 0 amide bonds. The fourth-order valence-corrected chi connectivity index (χ4v) is 2.50. The predicted octanol–water partition coefficient (Wildman–Crippen LogP) is 1.79. The van der Waals surface area contributed by atoms with Gasteiger partial charge in [-0.2, -0.15) is 0 Å². The van der Waals surface area contributed by atoms with Crippen molar-refractivity contribution in [2.24, 2.45) is 10.3 Å². The zero-order chi connectivity index (χ0) is 21.6. The Balaban J connectivity index is 2.32. The first-order valence-electron chi connectivity index (χ1n) is 8.89. The molecule has 0 saturated carbocycles. The number of nitro benzene ring substituents is 1. The summed E-state index contributed by atoms with van der Waals surface area (Å²) in [5.74, 6) is 0. The van der Waals surface area contributed by atoms with Crippen LogP contribution in [0.15, 0.2) is 52.8 Å². The van der Waals surface area contributed by atoms with Crippen LogP contribution < -0.4 is 5.01 Å². The summed E-state index contributed by atoms with van der Waals surface area (Å²) in [5, 5.41) is 59.0. The van der Waals surface area contributed by atoms with Crippen LogP contribution >= 0.6 is 0 Å². The Morgan fingerprint density at radius 1 is 1.07 bits per heavy atom. The van der Waals surface area contributed by atoms with Crippen molar-refractivity contribution >= 4 is 17.1 Å². The fourth-order valence-electron chi connectivity index (χ4n) is 2.50. The van der Waals surface area contributed by atoms with Crippen LogP contribution in [0.1, 0.15) is 11.1 Å². The Morgan fingerprint density at radius 3 is 2.41 bits per heavy atom. The van der Waals surface area contributed by atoms with Gasteiger partial charge in [0, 0.05) is 12.1 Å². The largest absolute Gasteiger partial charge is 0.394 e. The van der Waals surface area contributed by atoms with E-state index < -0.39 is 29.8 Å². The van der Waals surface area contributed by atoms with E-state index >= 15 is 0 Å². The lowest BCUT2D eigenvalue weighted by Crippen LogP contribution is -2.44. The van der Waals surface area contributed by atoms with Crippen molar-refractivity contribution in [2.75, 3.05) is 18.2 Å². The Labute approximate surface area is 167 Å². The molecule has 10 nitrogen and oxygen atoms in total. The molecule has 0 heterocycles. The summed E-state index contributed by atoms with van der Waals surface area (Å²) in [5.41, 5.74) is 2.66. The number of rotatable bonds is 9. The van der Waals surface area contributed by atoms with Crippen LogP contribution in [0.2, 0.25) is 0 Å². The van der Waals surface area contributed by atoms with Crippen molar-refractivity contribution in [3.8, 4) is 0 Å². The molecule has 0 unspecified atom stereocenters. The highest BCUT2D eigenvalue weighted by Crippen LogP contribution is 2.24. The van der Waals surface area contributed by atoms with Crippen LogP contribution in [0, 0.1) is 24.0 Å². The van der Waals surface area contributed by atoms with Gasteiger partial charge in [-0.3, -0.25) is 10.1 Å². The summed E-state index contributed by atoms with van der Waals surface area (Å²) >= 11 is 0. The monoisotopic (exact) mass is 404 g/mol. The lowest BCUT2D eigenvalue weighted by atomic mass is 10.1. The summed E-state index contributed by atoms with van der Waals surface area (Å²) in [4.78, 5) is 10.4. The Morgan fingerprint density at radius 2 is 1.79 bits per heavy atom. The van der Waals surface area contributed by atoms with Crippen molar-refractivity contribution in [2.45, 2.75) is 32.2 Å². The molecule has 2 aromatic carbocycles. The minimum atomic E-state index is -1.60. The van der Waals surface area contributed by atoms with Gasteiger partial charge in [-0.25, -0.2) is 5.01 Å². The molecule has 0 saturated heterocycles. The van der Waals surface area contributed by atoms with Crippen LogP contribution in [-0.2, 0) is 0 Å². The van der Waals surface area contributed by atoms with Gasteiger partial charge in [0.15, 0.2) is 0 Å². The number of nitrogens with zero attached hydrogens (tertiary/aromatic N) is 4. The second-order valence-corrected chi connectivity index (χ2v) is 6.62. The molecule has 2 aromatic rings. The summed E-state index contributed by atoms with van der Waals surface area (Å²) in [7, 11) is 0. The maximum Gasteiger partial charge on any atom is 0.271 e. The Hall–Kier alpha value is -2.92. The van der Waals surface area contributed by atoms with Gasteiger partial charge in [0.1, 0.15) is 18.3 Å². The lowest BCUT2D eigenvalue weighted by Gasteiger charge is -2.26. The quantitative estimate of drug-likeness (QED) is 0.282. The Bertz CT molecular complexity index is 876. The number of aryl methyl sites for hydroxylation is 2. The third kappa shape index (κ3) is 6.03. The highest BCUT2D eigenvalue weighted by molar-refractivity contribution is 5.50. The average Bonchev–Trinajstić information content (AvgIpc) is 2.71. The number of non-ortho nitro benzene ring substituents is 1. The predicted molar refractivity (Wildman–Crippen MR) is 106 cm³/mol. The maximum absolute atomic E-state index is 10.9. The van der Waals surface area contributed by atoms with Gasteiger partial charge in [0.05, 0.1) is 29.4 Å². The van der Waals surface area contributed by atoms with Crippen molar-refractivity contribution in [3.05, 3.63) is 63.7 Å². The lowest BCUT2D eigenvalue weighted by molar-refractivity contribution is -0.384. The van der Waals surface area contributed by atoms with Crippen LogP contribution in [0.25, 0.3) is 0 Å². The molecule has 10 heteroatoms. The van der Waals surface area contributed by atoms with E-state index in [2.05, 4.69) is 10.3 Å². The molecule has 2 rings (SSSR count). The van der Waals surface area contributed by atoms with E-state index in [-0.39, 0.29) is 17.9 Å². The van der Waals surface area contributed by atoms with Gasteiger partial charge in [-0.1, -0.05) is 17.4 Å². The number of benzene rings is 2. The minimum absolute atomic E-state index is 0.138. The van der Waals surface area contributed by atoms with Crippen molar-refractivity contribution in [1.29, 1.82) is 0 Å². The third-order valence-electron chi connectivity index (χ3n) is 4.43. The SMILES string of the molecule is Cc1ccc(N(C[C@H](O)[C@H](O)[C@H](O)CO)N=Nc2cccc([N+](=O)[O-])c2)cc1C. The molecule has 156 valence electrons. The second kappa shape index (κ2) is 10.0. The molecule has 0 spiro atoms. The average molecular weight is 404 g/mol. The first kappa shape index (κ1) is 22.4. The van der Waals surface area contributed by atoms with Crippen LogP contribution in [0.3, 0.4) is 0 Å². The number of nitro groups is 1. The van der Waals surface area contributed by atoms with Crippen molar-refractivity contribution in [3.63, 3.8) is 0 Å². The molecular weight excluding hydrogens is 380 g/mol. The highest BCUT2D eigenvalue weighted by atomic mass is 16.6. The standard InChI is InChI=1S/C19H24N4O6/c1-12-6-7-15(8-13(12)2)22(10-17(25)19(27)18(26)11-24)21-20-14-4-3-5-16(9-14)23(28)29/h3-9,17-19,24-27H,10-11H2,1-2H3/t17-,18+,19-/m0/s1. The van der Waals surface area contributed by atoms with Gasteiger partial charge >= 0.3 is 0 Å². The molecule has 0 bridgehead atoms.